The van der Waals surface area contributed by atoms with Gasteiger partial charge in [-0.3, -0.25) is 4.79 Å². The summed E-state index contributed by atoms with van der Waals surface area (Å²) in [5, 5.41) is 4.13. The van der Waals surface area contributed by atoms with Crippen molar-refractivity contribution in [2.75, 3.05) is 5.73 Å². The third kappa shape index (κ3) is 1.06. The third-order valence-electron chi connectivity index (χ3n) is 2.11. The van der Waals surface area contributed by atoms with Crippen LogP contribution in [0.1, 0.15) is 21.7 Å². The molecule has 2 aromatic rings. The molecule has 14 heavy (non-hydrogen) atoms. The van der Waals surface area contributed by atoms with E-state index in [-0.39, 0.29) is 0 Å². The molecule has 0 aliphatic rings. The number of hydrogen-bond donors (Lipinski definition) is 1. The van der Waals surface area contributed by atoms with Crippen molar-refractivity contribution in [2.24, 2.45) is 0 Å². The van der Waals surface area contributed by atoms with Crippen molar-refractivity contribution in [3.8, 4) is 0 Å². The second-order valence-electron chi connectivity index (χ2n) is 3.17. The van der Waals surface area contributed by atoms with E-state index < -0.39 is 0 Å². The van der Waals surface area contributed by atoms with Gasteiger partial charge in [0, 0.05) is 6.07 Å². The van der Waals surface area contributed by atoms with Crippen molar-refractivity contribution in [3.05, 3.63) is 23.0 Å². The van der Waals surface area contributed by atoms with Crippen LogP contribution >= 0.6 is 0 Å². The number of carbonyl (C=O) groups excluding carboxylic acids is 1. The fourth-order valence-corrected chi connectivity index (χ4v) is 1.42. The van der Waals surface area contributed by atoms with Gasteiger partial charge in [-0.1, -0.05) is 0 Å². The monoisotopic (exact) mass is 190 g/mol. The molecule has 72 valence electrons. The van der Waals surface area contributed by atoms with Crippen LogP contribution in [0.2, 0.25) is 0 Å². The van der Waals surface area contributed by atoms with E-state index in [1.165, 1.54) is 4.52 Å². The van der Waals surface area contributed by atoms with Gasteiger partial charge in [0.15, 0.2) is 11.9 Å². The van der Waals surface area contributed by atoms with E-state index in [2.05, 4.69) is 10.1 Å². The Labute approximate surface area is 80.6 Å². The molecule has 0 saturated carbocycles. The normalized spacial score (nSPS) is 10.7. The molecule has 2 heterocycles. The average Bonchev–Trinajstić information content (AvgIpc) is 2.47. The zero-order valence-electron chi connectivity index (χ0n) is 7.98. The number of aromatic nitrogens is 3. The molecule has 0 atom stereocenters. The summed E-state index contributed by atoms with van der Waals surface area (Å²) >= 11 is 0. The summed E-state index contributed by atoms with van der Waals surface area (Å²) in [4.78, 5) is 15.0. The number of hydrogen-bond acceptors (Lipinski definition) is 4. The second-order valence-corrected chi connectivity index (χ2v) is 3.17. The number of nitrogens with zero attached hydrogens (tertiary/aromatic N) is 3. The molecule has 0 aromatic carbocycles. The summed E-state index contributed by atoms with van der Waals surface area (Å²) in [6, 6.07) is 1.82. The molecule has 0 amide bonds. The van der Waals surface area contributed by atoms with Crippen molar-refractivity contribution in [1.82, 2.24) is 14.6 Å². The number of aldehydes is 1. The van der Waals surface area contributed by atoms with Crippen LogP contribution in [0.4, 0.5) is 5.82 Å². The molecule has 2 aromatic heterocycles. The molecular formula is C9H10N4O. The lowest BCUT2D eigenvalue weighted by Gasteiger charge is -2.04. The number of rotatable bonds is 1. The Hall–Kier alpha value is -1.91. The van der Waals surface area contributed by atoms with Crippen molar-refractivity contribution >= 4 is 17.8 Å². The zero-order chi connectivity index (χ0) is 10.3. The molecule has 0 saturated heterocycles. The maximum atomic E-state index is 10.7. The highest BCUT2D eigenvalue weighted by Crippen LogP contribution is 2.15. The van der Waals surface area contributed by atoms with Gasteiger partial charge in [-0.2, -0.15) is 9.61 Å². The number of anilines is 1. The van der Waals surface area contributed by atoms with Crippen molar-refractivity contribution in [3.63, 3.8) is 0 Å². The Kier molecular flexibility index (Phi) is 1.73. The van der Waals surface area contributed by atoms with Gasteiger partial charge >= 0.3 is 0 Å². The van der Waals surface area contributed by atoms with E-state index in [1.807, 2.05) is 13.0 Å². The van der Waals surface area contributed by atoms with Crippen molar-refractivity contribution in [1.29, 1.82) is 0 Å². The maximum absolute atomic E-state index is 10.7. The molecule has 0 radical (unpaired) electrons. The topological polar surface area (TPSA) is 73.3 Å². The van der Waals surface area contributed by atoms with Crippen LogP contribution in [-0.2, 0) is 0 Å². The van der Waals surface area contributed by atoms with Crippen LogP contribution in [0.5, 0.6) is 0 Å². The van der Waals surface area contributed by atoms with Gasteiger partial charge in [0.05, 0.1) is 17.0 Å². The highest BCUT2D eigenvalue weighted by Gasteiger charge is 2.10. The Balaban J connectivity index is 2.91. The Morgan fingerprint density at radius 3 is 2.86 bits per heavy atom. The van der Waals surface area contributed by atoms with Gasteiger partial charge in [0.25, 0.3) is 0 Å². The first kappa shape index (κ1) is 8.68. The fraction of sp³-hybridized carbons (Fsp3) is 0.222. The third-order valence-corrected chi connectivity index (χ3v) is 2.11. The molecular weight excluding hydrogens is 180 g/mol. The Morgan fingerprint density at radius 1 is 1.50 bits per heavy atom. The second kappa shape index (κ2) is 2.80. The minimum absolute atomic E-state index is 0.343. The predicted octanol–water partition coefficient (Wildman–Crippen LogP) is 0.741. The van der Waals surface area contributed by atoms with Crippen LogP contribution in [-0.4, -0.2) is 20.9 Å². The van der Waals surface area contributed by atoms with E-state index in [9.17, 15) is 4.79 Å². The van der Waals surface area contributed by atoms with Crippen molar-refractivity contribution < 1.29 is 4.79 Å². The smallest absolute Gasteiger partial charge is 0.157 e. The van der Waals surface area contributed by atoms with Gasteiger partial charge in [-0.05, 0) is 13.8 Å². The first-order valence-corrected chi connectivity index (χ1v) is 4.21. The minimum atomic E-state index is 0.343. The first-order valence-electron chi connectivity index (χ1n) is 4.21. The molecule has 0 aliphatic carbocycles. The summed E-state index contributed by atoms with van der Waals surface area (Å²) in [7, 11) is 0. The quantitative estimate of drug-likeness (QED) is 0.673. The van der Waals surface area contributed by atoms with Gasteiger partial charge in [0.1, 0.15) is 5.82 Å². The van der Waals surface area contributed by atoms with Crippen molar-refractivity contribution in [2.45, 2.75) is 13.8 Å². The van der Waals surface area contributed by atoms with Gasteiger partial charge in [-0.25, -0.2) is 4.98 Å². The van der Waals surface area contributed by atoms with Crippen LogP contribution in [0.3, 0.4) is 0 Å². The molecule has 5 nitrogen and oxygen atoms in total. The van der Waals surface area contributed by atoms with E-state index in [0.29, 0.717) is 29.0 Å². The van der Waals surface area contributed by atoms with Gasteiger partial charge in [-0.15, -0.1) is 0 Å². The van der Waals surface area contributed by atoms with Crippen LogP contribution in [0.15, 0.2) is 6.07 Å². The molecule has 0 aliphatic heterocycles. The molecule has 0 unspecified atom stereocenters. The summed E-state index contributed by atoms with van der Waals surface area (Å²) < 4.78 is 1.48. The minimum Gasteiger partial charge on any atom is -0.383 e. The van der Waals surface area contributed by atoms with E-state index in [4.69, 9.17) is 5.73 Å². The average molecular weight is 190 g/mol. The molecule has 2 rings (SSSR count). The number of fused-ring (bicyclic) bond motifs is 1. The predicted molar refractivity (Wildman–Crippen MR) is 52.3 cm³/mol. The lowest BCUT2D eigenvalue weighted by molar-refractivity contribution is 0.112. The zero-order valence-corrected chi connectivity index (χ0v) is 7.98. The number of carbonyl (C=O) groups is 1. The summed E-state index contributed by atoms with van der Waals surface area (Å²) in [6.07, 6.45) is 0.702. The number of nitrogens with two attached hydrogens (primary N) is 1. The van der Waals surface area contributed by atoms with Crippen LogP contribution in [0, 0.1) is 13.8 Å². The molecule has 0 fully saturated rings. The molecule has 0 bridgehead atoms. The highest BCUT2D eigenvalue weighted by molar-refractivity contribution is 5.84. The largest absolute Gasteiger partial charge is 0.383 e. The Bertz CT molecular complexity index is 515. The number of nitrogen functional groups attached to an aromatic ring is 1. The summed E-state index contributed by atoms with van der Waals surface area (Å²) in [5.74, 6) is 0.343. The van der Waals surface area contributed by atoms with E-state index in [0.717, 1.165) is 5.69 Å². The fourth-order valence-electron chi connectivity index (χ4n) is 1.42. The maximum Gasteiger partial charge on any atom is 0.157 e. The van der Waals surface area contributed by atoms with Crippen LogP contribution in [0.25, 0.3) is 5.65 Å². The summed E-state index contributed by atoms with van der Waals surface area (Å²) in [6.45, 7) is 3.60. The molecule has 0 spiro atoms. The van der Waals surface area contributed by atoms with Gasteiger partial charge in [0.2, 0.25) is 0 Å². The molecule has 5 heteroatoms. The lowest BCUT2D eigenvalue weighted by Crippen LogP contribution is -2.07. The van der Waals surface area contributed by atoms with Crippen LogP contribution < -0.4 is 5.73 Å². The van der Waals surface area contributed by atoms with E-state index in [1.54, 1.807) is 6.92 Å². The first-order chi connectivity index (χ1) is 6.63. The highest BCUT2D eigenvalue weighted by atomic mass is 16.1. The molecule has 2 N–H and O–H groups in total. The standard InChI is InChI=1S/C9H10N4O/c1-5-3-8-11-6(2)7(4-14)9(10)13(8)12-5/h3-4H,10H2,1-2H3. The lowest BCUT2D eigenvalue weighted by atomic mass is 10.2. The SMILES string of the molecule is Cc1cc2nc(C)c(C=O)c(N)n2n1. The Morgan fingerprint density at radius 2 is 2.21 bits per heavy atom. The van der Waals surface area contributed by atoms with Gasteiger partial charge < -0.3 is 5.73 Å². The summed E-state index contributed by atoms with van der Waals surface area (Å²) in [5.41, 5.74) is 8.30. The number of aryl methyl sites for hydroxylation is 2. The van der Waals surface area contributed by atoms with E-state index >= 15 is 0 Å².